The van der Waals surface area contributed by atoms with Gasteiger partial charge in [0.05, 0.1) is 7.11 Å². The number of sulfonamides is 1. The van der Waals surface area contributed by atoms with Crippen LogP contribution in [0.5, 0.6) is 5.75 Å². The first-order valence-electron chi connectivity index (χ1n) is 7.95. The monoisotopic (exact) mass is 381 g/mol. The molecule has 0 unspecified atom stereocenters. The number of hydrogen-bond acceptors (Lipinski definition) is 5. The Kier molecular flexibility index (Phi) is 5.58. The fourth-order valence-electron chi connectivity index (χ4n) is 2.89. The molecule has 0 bridgehead atoms. The van der Waals surface area contributed by atoms with Crippen LogP contribution in [-0.4, -0.2) is 55.9 Å². The summed E-state index contributed by atoms with van der Waals surface area (Å²) >= 11 is 6.07. The topological polar surface area (TPSA) is 62.7 Å². The van der Waals surface area contributed by atoms with Gasteiger partial charge < -0.3 is 4.74 Å². The molecule has 1 aliphatic rings. The second kappa shape index (κ2) is 7.70. The number of benzene rings is 1. The van der Waals surface area contributed by atoms with Crippen LogP contribution in [0.4, 0.5) is 0 Å². The van der Waals surface area contributed by atoms with Crippen molar-refractivity contribution in [3.05, 3.63) is 53.3 Å². The Hall–Kier alpha value is -1.67. The van der Waals surface area contributed by atoms with E-state index in [1.54, 1.807) is 31.5 Å². The van der Waals surface area contributed by atoms with Crippen LogP contribution in [0.25, 0.3) is 0 Å². The van der Waals surface area contributed by atoms with Crippen molar-refractivity contribution >= 4 is 21.6 Å². The molecule has 0 saturated carbocycles. The number of rotatable bonds is 5. The van der Waals surface area contributed by atoms with Crippen LogP contribution in [0.2, 0.25) is 5.02 Å². The van der Waals surface area contributed by atoms with Gasteiger partial charge in [0, 0.05) is 55.7 Å². The molecule has 0 amide bonds. The zero-order chi connectivity index (χ0) is 17.9. The molecule has 1 saturated heterocycles. The zero-order valence-corrected chi connectivity index (χ0v) is 15.5. The Morgan fingerprint density at radius 3 is 2.60 bits per heavy atom. The third-order valence-electron chi connectivity index (χ3n) is 4.24. The second-order valence-corrected chi connectivity index (χ2v) is 8.20. The van der Waals surface area contributed by atoms with E-state index in [2.05, 4.69) is 9.88 Å². The lowest BCUT2D eigenvalue weighted by Crippen LogP contribution is -2.48. The van der Waals surface area contributed by atoms with Crippen molar-refractivity contribution in [1.82, 2.24) is 14.2 Å². The summed E-state index contributed by atoms with van der Waals surface area (Å²) < 4.78 is 32.1. The highest BCUT2D eigenvalue weighted by molar-refractivity contribution is 7.89. The van der Waals surface area contributed by atoms with Crippen molar-refractivity contribution in [1.29, 1.82) is 0 Å². The van der Waals surface area contributed by atoms with Gasteiger partial charge in [-0.05, 0) is 30.3 Å². The average Bonchev–Trinajstić information content (AvgIpc) is 2.63. The van der Waals surface area contributed by atoms with E-state index >= 15 is 0 Å². The molecule has 1 aromatic carbocycles. The molecular weight excluding hydrogens is 362 g/mol. The molecule has 3 rings (SSSR count). The van der Waals surface area contributed by atoms with E-state index in [1.165, 1.54) is 10.5 Å². The molecule has 2 aromatic rings. The van der Waals surface area contributed by atoms with Gasteiger partial charge in [0.25, 0.3) is 0 Å². The Balaban J connectivity index is 1.66. The van der Waals surface area contributed by atoms with Gasteiger partial charge in [-0.2, -0.15) is 4.31 Å². The Labute approximate surface area is 153 Å². The Morgan fingerprint density at radius 2 is 1.96 bits per heavy atom. The molecule has 1 aromatic heterocycles. The standard InChI is InChI=1S/C17H20ClN3O3S/c1-24-17-5-4-15(18)11-14(17)13-20-7-9-21(10-8-20)25(22,23)16-3-2-6-19-12-16/h2-6,11-12H,7-10,13H2,1H3. The number of pyridine rings is 1. The molecule has 0 atom stereocenters. The van der Waals surface area contributed by atoms with Crippen molar-refractivity contribution in [2.75, 3.05) is 33.3 Å². The number of hydrogen-bond donors (Lipinski definition) is 0. The van der Waals surface area contributed by atoms with Crippen LogP contribution in [0.3, 0.4) is 0 Å². The molecule has 1 aliphatic heterocycles. The van der Waals surface area contributed by atoms with Crippen LogP contribution in [-0.2, 0) is 16.6 Å². The van der Waals surface area contributed by atoms with Crippen molar-refractivity contribution < 1.29 is 13.2 Å². The Bertz CT molecular complexity index is 822. The first-order valence-corrected chi connectivity index (χ1v) is 9.77. The SMILES string of the molecule is COc1ccc(Cl)cc1CN1CCN(S(=O)(=O)c2cccnc2)CC1. The van der Waals surface area contributed by atoms with Crippen LogP contribution in [0.1, 0.15) is 5.56 Å². The summed E-state index contributed by atoms with van der Waals surface area (Å²) in [5.74, 6) is 0.787. The summed E-state index contributed by atoms with van der Waals surface area (Å²) in [6.07, 6.45) is 2.95. The number of halogens is 1. The van der Waals surface area contributed by atoms with Crippen LogP contribution in [0, 0.1) is 0 Å². The van der Waals surface area contributed by atoms with E-state index in [0.29, 0.717) is 37.7 Å². The number of aromatic nitrogens is 1. The summed E-state index contributed by atoms with van der Waals surface area (Å²) in [6.45, 7) is 2.86. The molecule has 134 valence electrons. The molecule has 6 nitrogen and oxygen atoms in total. The third-order valence-corrected chi connectivity index (χ3v) is 6.36. The fourth-order valence-corrected chi connectivity index (χ4v) is 4.47. The van der Waals surface area contributed by atoms with Crippen LogP contribution >= 0.6 is 11.6 Å². The van der Waals surface area contributed by atoms with Crippen molar-refractivity contribution in [3.63, 3.8) is 0 Å². The molecule has 25 heavy (non-hydrogen) atoms. The van der Waals surface area contributed by atoms with E-state index in [1.807, 2.05) is 12.1 Å². The molecule has 0 radical (unpaired) electrons. The minimum absolute atomic E-state index is 0.236. The van der Waals surface area contributed by atoms with E-state index in [0.717, 1.165) is 11.3 Å². The minimum Gasteiger partial charge on any atom is -0.496 e. The molecular formula is C17H20ClN3O3S. The largest absolute Gasteiger partial charge is 0.496 e. The van der Waals surface area contributed by atoms with Gasteiger partial charge in [0.15, 0.2) is 0 Å². The highest BCUT2D eigenvalue weighted by atomic mass is 35.5. The molecule has 0 N–H and O–H groups in total. The smallest absolute Gasteiger partial charge is 0.244 e. The van der Waals surface area contributed by atoms with E-state index in [9.17, 15) is 8.42 Å². The lowest BCUT2D eigenvalue weighted by atomic mass is 10.1. The second-order valence-electron chi connectivity index (χ2n) is 5.83. The number of ether oxygens (including phenoxy) is 1. The summed E-state index contributed by atoms with van der Waals surface area (Å²) in [5, 5.41) is 0.661. The van der Waals surface area contributed by atoms with Crippen LogP contribution < -0.4 is 4.74 Å². The predicted octanol–water partition coefficient (Wildman–Crippen LogP) is 2.25. The Morgan fingerprint density at radius 1 is 1.20 bits per heavy atom. The van der Waals surface area contributed by atoms with Gasteiger partial charge in [-0.15, -0.1) is 0 Å². The predicted molar refractivity (Wildman–Crippen MR) is 96.3 cm³/mol. The van der Waals surface area contributed by atoms with Gasteiger partial charge >= 0.3 is 0 Å². The molecule has 8 heteroatoms. The minimum atomic E-state index is -3.48. The summed E-state index contributed by atoms with van der Waals surface area (Å²) in [7, 11) is -1.85. The van der Waals surface area contributed by atoms with Crippen molar-refractivity contribution in [2.24, 2.45) is 0 Å². The number of methoxy groups -OCH3 is 1. The molecule has 0 spiro atoms. The lowest BCUT2D eigenvalue weighted by molar-refractivity contribution is 0.180. The number of nitrogens with zero attached hydrogens (tertiary/aromatic N) is 3. The highest BCUT2D eigenvalue weighted by Gasteiger charge is 2.28. The molecule has 2 heterocycles. The summed E-state index contributed by atoms with van der Waals surface area (Å²) in [6, 6.07) is 8.74. The first kappa shape index (κ1) is 18.1. The van der Waals surface area contributed by atoms with Crippen LogP contribution in [0.15, 0.2) is 47.6 Å². The highest BCUT2D eigenvalue weighted by Crippen LogP contribution is 2.25. The fraction of sp³-hybridized carbons (Fsp3) is 0.353. The quantitative estimate of drug-likeness (QED) is 0.794. The van der Waals surface area contributed by atoms with Gasteiger partial charge in [-0.1, -0.05) is 11.6 Å². The van der Waals surface area contributed by atoms with Crippen molar-refractivity contribution in [2.45, 2.75) is 11.4 Å². The maximum Gasteiger partial charge on any atom is 0.244 e. The molecule has 1 fully saturated rings. The average molecular weight is 382 g/mol. The van der Waals surface area contributed by atoms with E-state index in [-0.39, 0.29) is 4.90 Å². The van der Waals surface area contributed by atoms with Gasteiger partial charge in [0.1, 0.15) is 10.6 Å². The van der Waals surface area contributed by atoms with Crippen molar-refractivity contribution in [3.8, 4) is 5.75 Å². The van der Waals surface area contributed by atoms with E-state index < -0.39 is 10.0 Å². The van der Waals surface area contributed by atoms with Gasteiger partial charge in [-0.3, -0.25) is 9.88 Å². The lowest BCUT2D eigenvalue weighted by Gasteiger charge is -2.34. The van der Waals surface area contributed by atoms with Gasteiger partial charge in [0.2, 0.25) is 10.0 Å². The summed E-state index contributed by atoms with van der Waals surface area (Å²) in [5.41, 5.74) is 0.999. The molecule has 0 aliphatic carbocycles. The normalized spacial score (nSPS) is 16.7. The number of piperazine rings is 1. The van der Waals surface area contributed by atoms with E-state index in [4.69, 9.17) is 16.3 Å². The van der Waals surface area contributed by atoms with Gasteiger partial charge in [-0.25, -0.2) is 8.42 Å². The third kappa shape index (κ3) is 4.12. The maximum absolute atomic E-state index is 12.6. The maximum atomic E-state index is 12.6. The first-order chi connectivity index (χ1) is 12.0. The summed E-state index contributed by atoms with van der Waals surface area (Å²) in [4.78, 5) is 6.34. The zero-order valence-electron chi connectivity index (χ0n) is 13.9.